The second kappa shape index (κ2) is 6.26. The fraction of sp³-hybridized carbons (Fsp3) is 0.500. The number of hydrogen-bond donors (Lipinski definition) is 0. The van der Waals surface area contributed by atoms with Crippen LogP contribution in [-0.2, 0) is 14.6 Å². The Morgan fingerprint density at radius 2 is 1.85 bits per heavy atom. The van der Waals surface area contributed by atoms with Gasteiger partial charge < -0.3 is 4.90 Å². The van der Waals surface area contributed by atoms with Gasteiger partial charge in [0.25, 0.3) is 0 Å². The summed E-state index contributed by atoms with van der Waals surface area (Å²) in [5, 5.41) is 0.714. The van der Waals surface area contributed by atoms with Crippen LogP contribution < -0.4 is 0 Å². The summed E-state index contributed by atoms with van der Waals surface area (Å²) in [6.45, 7) is 2.69. The summed E-state index contributed by atoms with van der Waals surface area (Å²) in [5.41, 5.74) is 0. The lowest BCUT2D eigenvalue weighted by Gasteiger charge is -2.15. The first kappa shape index (κ1) is 15.5. The van der Waals surface area contributed by atoms with Crippen molar-refractivity contribution in [2.24, 2.45) is 11.8 Å². The van der Waals surface area contributed by atoms with Gasteiger partial charge in [-0.25, -0.2) is 8.42 Å². The number of carbonyl (C=O) groups excluding carboxylic acids is 1. The normalized spacial score (nSPS) is 23.0. The van der Waals surface area contributed by atoms with Crippen LogP contribution in [-0.4, -0.2) is 43.4 Å². The highest BCUT2D eigenvalue weighted by atomic mass is 79.9. The molecule has 1 aliphatic heterocycles. The van der Waals surface area contributed by atoms with E-state index in [-0.39, 0.29) is 23.5 Å². The van der Waals surface area contributed by atoms with E-state index >= 15 is 0 Å². The Labute approximate surface area is 128 Å². The third kappa shape index (κ3) is 3.41. The standard InChI is InChI=1S/C14H18BrNO3S/c1-11(17)16-8-12(7-15)13(9-16)10-20(18,19)14-5-3-2-4-6-14/h2-6,12-13H,7-10H2,1H3. The first-order valence-electron chi connectivity index (χ1n) is 6.53. The molecule has 2 atom stereocenters. The molecule has 1 aromatic rings. The molecule has 0 bridgehead atoms. The lowest BCUT2D eigenvalue weighted by atomic mass is 10.0. The summed E-state index contributed by atoms with van der Waals surface area (Å²) < 4.78 is 24.8. The minimum Gasteiger partial charge on any atom is -0.342 e. The van der Waals surface area contributed by atoms with Crippen molar-refractivity contribution in [1.82, 2.24) is 4.90 Å². The molecule has 110 valence electrons. The first-order chi connectivity index (χ1) is 9.44. The molecule has 0 spiro atoms. The third-order valence-electron chi connectivity index (χ3n) is 3.76. The summed E-state index contributed by atoms with van der Waals surface area (Å²) in [6.07, 6.45) is 0. The van der Waals surface area contributed by atoms with Gasteiger partial charge >= 0.3 is 0 Å². The van der Waals surface area contributed by atoms with E-state index in [1.807, 2.05) is 0 Å². The Morgan fingerprint density at radius 3 is 2.40 bits per heavy atom. The maximum Gasteiger partial charge on any atom is 0.219 e. The van der Waals surface area contributed by atoms with Crippen LogP contribution in [0.15, 0.2) is 35.2 Å². The highest BCUT2D eigenvalue weighted by Gasteiger charge is 2.36. The molecule has 1 fully saturated rings. The lowest BCUT2D eigenvalue weighted by molar-refractivity contribution is -0.128. The second-order valence-corrected chi connectivity index (χ2v) is 7.87. The smallest absolute Gasteiger partial charge is 0.219 e. The van der Waals surface area contributed by atoms with Crippen molar-refractivity contribution in [1.29, 1.82) is 0 Å². The molecule has 1 aromatic carbocycles. The summed E-state index contributed by atoms with van der Waals surface area (Å²) in [4.78, 5) is 13.5. The van der Waals surface area contributed by atoms with E-state index in [1.54, 1.807) is 35.2 Å². The largest absolute Gasteiger partial charge is 0.342 e. The molecule has 1 heterocycles. The third-order valence-corrected chi connectivity index (χ3v) is 6.44. The molecule has 0 aromatic heterocycles. The zero-order valence-corrected chi connectivity index (χ0v) is 13.7. The van der Waals surface area contributed by atoms with Gasteiger partial charge in [0.2, 0.25) is 5.91 Å². The summed E-state index contributed by atoms with van der Waals surface area (Å²) >= 11 is 3.42. The van der Waals surface area contributed by atoms with Crippen molar-refractivity contribution in [2.45, 2.75) is 11.8 Å². The van der Waals surface area contributed by atoms with Crippen molar-refractivity contribution in [3.05, 3.63) is 30.3 Å². The van der Waals surface area contributed by atoms with Crippen LogP contribution in [0.3, 0.4) is 0 Å². The van der Waals surface area contributed by atoms with Gasteiger partial charge in [-0.15, -0.1) is 0 Å². The molecule has 0 aliphatic carbocycles. The Kier molecular flexibility index (Phi) is 4.86. The molecule has 1 amide bonds. The van der Waals surface area contributed by atoms with Crippen LogP contribution >= 0.6 is 15.9 Å². The monoisotopic (exact) mass is 359 g/mol. The van der Waals surface area contributed by atoms with E-state index in [9.17, 15) is 13.2 Å². The van der Waals surface area contributed by atoms with Crippen molar-refractivity contribution >= 4 is 31.7 Å². The predicted molar refractivity (Wildman–Crippen MR) is 81.5 cm³/mol. The number of benzene rings is 1. The number of carbonyl (C=O) groups is 1. The highest BCUT2D eigenvalue weighted by molar-refractivity contribution is 9.09. The van der Waals surface area contributed by atoms with Gasteiger partial charge in [-0.2, -0.15) is 0 Å². The Hall–Kier alpha value is -0.880. The van der Waals surface area contributed by atoms with Gasteiger partial charge in [0.05, 0.1) is 10.6 Å². The molecule has 2 unspecified atom stereocenters. The molecule has 2 rings (SSSR count). The van der Waals surface area contributed by atoms with Crippen LogP contribution in [0.25, 0.3) is 0 Å². The van der Waals surface area contributed by atoms with E-state index in [4.69, 9.17) is 0 Å². The predicted octanol–water partition coefficient (Wildman–Crippen LogP) is 1.95. The minimum atomic E-state index is -3.29. The highest BCUT2D eigenvalue weighted by Crippen LogP contribution is 2.28. The fourth-order valence-electron chi connectivity index (χ4n) is 2.57. The summed E-state index contributed by atoms with van der Waals surface area (Å²) in [6, 6.07) is 8.50. The van der Waals surface area contributed by atoms with E-state index in [0.717, 1.165) is 0 Å². The number of rotatable bonds is 4. The van der Waals surface area contributed by atoms with Crippen molar-refractivity contribution < 1.29 is 13.2 Å². The molecular formula is C14H18BrNO3S. The average molecular weight is 360 g/mol. The zero-order valence-electron chi connectivity index (χ0n) is 11.3. The number of amides is 1. The first-order valence-corrected chi connectivity index (χ1v) is 9.30. The van der Waals surface area contributed by atoms with E-state index < -0.39 is 9.84 Å². The topological polar surface area (TPSA) is 54.5 Å². The minimum absolute atomic E-state index is 0.00978. The quantitative estimate of drug-likeness (QED) is 0.772. The van der Waals surface area contributed by atoms with Crippen molar-refractivity contribution in [2.75, 3.05) is 24.2 Å². The lowest BCUT2D eigenvalue weighted by Crippen LogP contribution is -2.27. The van der Waals surface area contributed by atoms with E-state index in [0.29, 0.717) is 23.3 Å². The maximum atomic E-state index is 12.4. The number of sulfone groups is 1. The van der Waals surface area contributed by atoms with Crippen LogP contribution in [0.2, 0.25) is 0 Å². The van der Waals surface area contributed by atoms with Gasteiger partial charge in [-0.1, -0.05) is 34.1 Å². The van der Waals surface area contributed by atoms with E-state index in [1.165, 1.54) is 6.92 Å². The van der Waals surface area contributed by atoms with Crippen molar-refractivity contribution in [3.8, 4) is 0 Å². The number of hydrogen-bond acceptors (Lipinski definition) is 3. The molecule has 20 heavy (non-hydrogen) atoms. The summed E-state index contributed by atoms with van der Waals surface area (Å²) in [7, 11) is -3.29. The number of halogens is 1. The van der Waals surface area contributed by atoms with Gasteiger partial charge in [0.1, 0.15) is 0 Å². The van der Waals surface area contributed by atoms with Crippen LogP contribution in [0.4, 0.5) is 0 Å². The van der Waals surface area contributed by atoms with Crippen LogP contribution in [0.1, 0.15) is 6.92 Å². The molecule has 4 nitrogen and oxygen atoms in total. The number of likely N-dealkylation sites (tertiary alicyclic amines) is 1. The number of nitrogens with zero attached hydrogens (tertiary/aromatic N) is 1. The Balaban J connectivity index is 2.15. The van der Waals surface area contributed by atoms with Gasteiger partial charge in [-0.05, 0) is 24.0 Å². The van der Waals surface area contributed by atoms with Crippen molar-refractivity contribution in [3.63, 3.8) is 0 Å². The van der Waals surface area contributed by atoms with Crippen LogP contribution in [0, 0.1) is 11.8 Å². The molecule has 1 saturated heterocycles. The Morgan fingerprint density at radius 1 is 1.25 bits per heavy atom. The molecule has 1 aliphatic rings. The molecular weight excluding hydrogens is 342 g/mol. The molecule has 0 N–H and O–H groups in total. The molecule has 0 saturated carbocycles. The molecule has 0 radical (unpaired) electrons. The fourth-order valence-corrected chi connectivity index (χ4v) is 5.00. The molecule has 6 heteroatoms. The van der Waals surface area contributed by atoms with Gasteiger partial charge in [0, 0.05) is 25.3 Å². The zero-order chi connectivity index (χ0) is 14.8. The SMILES string of the molecule is CC(=O)N1CC(CBr)C(CS(=O)(=O)c2ccccc2)C1. The average Bonchev–Trinajstić information content (AvgIpc) is 2.82. The van der Waals surface area contributed by atoms with E-state index in [2.05, 4.69) is 15.9 Å². The van der Waals surface area contributed by atoms with Gasteiger partial charge in [0.15, 0.2) is 9.84 Å². The Bertz CT molecular complexity index is 573. The summed E-state index contributed by atoms with van der Waals surface area (Å²) in [5.74, 6) is 0.285. The second-order valence-electron chi connectivity index (χ2n) is 5.19. The maximum absolute atomic E-state index is 12.4. The number of alkyl halides is 1. The van der Waals surface area contributed by atoms with Gasteiger partial charge in [-0.3, -0.25) is 4.79 Å². The van der Waals surface area contributed by atoms with Crippen LogP contribution in [0.5, 0.6) is 0 Å².